The predicted molar refractivity (Wildman–Crippen MR) is 79.0 cm³/mol. The SMILES string of the molecule is Brc1ccc(CNc2ccc(-c3nnco3)cc2)nc1. The van der Waals surface area contributed by atoms with Crippen molar-refractivity contribution in [3.05, 3.63) is 59.2 Å². The summed E-state index contributed by atoms with van der Waals surface area (Å²) in [6, 6.07) is 11.8. The van der Waals surface area contributed by atoms with Gasteiger partial charge in [0.1, 0.15) is 0 Å². The maximum Gasteiger partial charge on any atom is 0.247 e. The summed E-state index contributed by atoms with van der Waals surface area (Å²) >= 11 is 3.37. The Morgan fingerprint density at radius 3 is 2.60 bits per heavy atom. The number of hydrogen-bond acceptors (Lipinski definition) is 5. The van der Waals surface area contributed by atoms with Crippen LogP contribution in [0.3, 0.4) is 0 Å². The second-order valence-electron chi connectivity index (χ2n) is 4.14. The normalized spacial score (nSPS) is 10.4. The van der Waals surface area contributed by atoms with Gasteiger partial charge >= 0.3 is 0 Å². The molecule has 2 heterocycles. The quantitative estimate of drug-likeness (QED) is 0.793. The summed E-state index contributed by atoms with van der Waals surface area (Å²) in [6.45, 7) is 0.674. The lowest BCUT2D eigenvalue weighted by Gasteiger charge is -2.06. The van der Waals surface area contributed by atoms with Gasteiger partial charge < -0.3 is 9.73 Å². The first-order valence-corrected chi connectivity index (χ1v) is 6.81. The maximum atomic E-state index is 5.14. The maximum absolute atomic E-state index is 5.14. The average Bonchev–Trinajstić information content (AvgIpc) is 3.01. The standard InChI is InChI=1S/C14H11BrN4O/c15-11-3-6-13(16-7-11)8-17-12-4-1-10(2-5-12)14-19-18-9-20-14/h1-7,9,17H,8H2. The highest BCUT2D eigenvalue weighted by molar-refractivity contribution is 9.10. The molecule has 0 bridgehead atoms. The summed E-state index contributed by atoms with van der Waals surface area (Å²) < 4.78 is 6.12. The zero-order chi connectivity index (χ0) is 13.8. The van der Waals surface area contributed by atoms with Crippen LogP contribution in [-0.4, -0.2) is 15.2 Å². The second-order valence-corrected chi connectivity index (χ2v) is 5.06. The Labute approximate surface area is 124 Å². The van der Waals surface area contributed by atoms with Crippen LogP contribution in [0.4, 0.5) is 5.69 Å². The van der Waals surface area contributed by atoms with Crippen LogP contribution in [-0.2, 0) is 6.54 Å². The molecule has 3 aromatic rings. The zero-order valence-corrected chi connectivity index (χ0v) is 12.0. The van der Waals surface area contributed by atoms with Gasteiger partial charge in [0.25, 0.3) is 0 Å². The summed E-state index contributed by atoms with van der Waals surface area (Å²) in [7, 11) is 0. The van der Waals surface area contributed by atoms with E-state index in [1.165, 1.54) is 6.39 Å². The number of halogens is 1. The Morgan fingerprint density at radius 2 is 1.95 bits per heavy atom. The molecular weight excluding hydrogens is 320 g/mol. The van der Waals surface area contributed by atoms with Gasteiger partial charge in [0.2, 0.25) is 12.3 Å². The Balaban J connectivity index is 1.65. The van der Waals surface area contributed by atoms with E-state index in [1.807, 2.05) is 36.4 Å². The fourth-order valence-corrected chi connectivity index (χ4v) is 1.97. The van der Waals surface area contributed by atoms with Crippen molar-refractivity contribution in [1.29, 1.82) is 0 Å². The lowest BCUT2D eigenvalue weighted by molar-refractivity contribution is 0.568. The van der Waals surface area contributed by atoms with Crippen LogP contribution in [0.15, 0.2) is 57.9 Å². The number of anilines is 1. The summed E-state index contributed by atoms with van der Waals surface area (Å²) in [6.07, 6.45) is 3.11. The van der Waals surface area contributed by atoms with Gasteiger partial charge in [0.15, 0.2) is 0 Å². The van der Waals surface area contributed by atoms with E-state index in [2.05, 4.69) is 36.4 Å². The van der Waals surface area contributed by atoms with Gasteiger partial charge in [0, 0.05) is 21.9 Å². The number of benzene rings is 1. The van der Waals surface area contributed by atoms with Crippen molar-refractivity contribution in [3.8, 4) is 11.5 Å². The van der Waals surface area contributed by atoms with Gasteiger partial charge in [-0.05, 0) is 52.3 Å². The van der Waals surface area contributed by atoms with E-state index in [4.69, 9.17) is 4.42 Å². The highest BCUT2D eigenvalue weighted by Gasteiger charge is 2.03. The van der Waals surface area contributed by atoms with Crippen LogP contribution in [0.25, 0.3) is 11.5 Å². The zero-order valence-electron chi connectivity index (χ0n) is 10.5. The van der Waals surface area contributed by atoms with Crippen molar-refractivity contribution in [3.63, 3.8) is 0 Å². The van der Waals surface area contributed by atoms with Crippen molar-refractivity contribution in [2.45, 2.75) is 6.54 Å². The molecule has 1 N–H and O–H groups in total. The summed E-state index contributed by atoms with van der Waals surface area (Å²) in [5, 5.41) is 10.8. The third kappa shape index (κ3) is 3.03. The van der Waals surface area contributed by atoms with Crippen molar-refractivity contribution in [1.82, 2.24) is 15.2 Å². The largest absolute Gasteiger partial charge is 0.423 e. The van der Waals surface area contributed by atoms with Crippen LogP contribution in [0.5, 0.6) is 0 Å². The van der Waals surface area contributed by atoms with E-state index < -0.39 is 0 Å². The molecule has 1 aromatic carbocycles. The molecule has 0 atom stereocenters. The Morgan fingerprint density at radius 1 is 1.10 bits per heavy atom. The smallest absolute Gasteiger partial charge is 0.247 e. The Bertz CT molecular complexity index is 665. The molecule has 0 unspecified atom stereocenters. The first-order chi connectivity index (χ1) is 9.81. The minimum atomic E-state index is 0.520. The average molecular weight is 331 g/mol. The molecule has 100 valence electrons. The predicted octanol–water partition coefficient (Wildman–Crippen LogP) is 3.51. The minimum Gasteiger partial charge on any atom is -0.423 e. The monoisotopic (exact) mass is 330 g/mol. The topological polar surface area (TPSA) is 63.8 Å². The summed E-state index contributed by atoms with van der Waals surface area (Å²) in [5.74, 6) is 0.520. The van der Waals surface area contributed by atoms with Crippen LogP contribution >= 0.6 is 15.9 Å². The van der Waals surface area contributed by atoms with Gasteiger partial charge in [-0.15, -0.1) is 10.2 Å². The second kappa shape index (κ2) is 5.83. The van der Waals surface area contributed by atoms with E-state index in [1.54, 1.807) is 6.20 Å². The molecule has 0 spiro atoms. The van der Waals surface area contributed by atoms with Crippen LogP contribution in [0.2, 0.25) is 0 Å². The van der Waals surface area contributed by atoms with Gasteiger partial charge in [-0.2, -0.15) is 0 Å². The number of aromatic nitrogens is 3. The molecular formula is C14H11BrN4O. The van der Waals surface area contributed by atoms with Crippen LogP contribution in [0, 0.1) is 0 Å². The molecule has 0 aliphatic carbocycles. The Kier molecular flexibility index (Phi) is 3.73. The highest BCUT2D eigenvalue weighted by atomic mass is 79.9. The van der Waals surface area contributed by atoms with Gasteiger partial charge in [0.05, 0.1) is 12.2 Å². The number of hydrogen-bond donors (Lipinski definition) is 1. The molecule has 3 rings (SSSR count). The lowest BCUT2D eigenvalue weighted by Crippen LogP contribution is -2.01. The van der Waals surface area contributed by atoms with E-state index in [-0.39, 0.29) is 0 Å². The lowest BCUT2D eigenvalue weighted by atomic mass is 10.2. The molecule has 20 heavy (non-hydrogen) atoms. The van der Waals surface area contributed by atoms with Crippen LogP contribution < -0.4 is 5.32 Å². The molecule has 0 fully saturated rings. The molecule has 0 radical (unpaired) electrons. The van der Waals surface area contributed by atoms with Gasteiger partial charge in [-0.1, -0.05) is 0 Å². The van der Waals surface area contributed by atoms with Gasteiger partial charge in [-0.3, -0.25) is 4.98 Å². The molecule has 0 amide bonds. The summed E-state index contributed by atoms with van der Waals surface area (Å²) in [4.78, 5) is 4.31. The van der Waals surface area contributed by atoms with Crippen molar-refractivity contribution < 1.29 is 4.42 Å². The summed E-state index contributed by atoms with van der Waals surface area (Å²) in [5.41, 5.74) is 2.89. The number of rotatable bonds is 4. The van der Waals surface area contributed by atoms with E-state index in [0.29, 0.717) is 12.4 Å². The number of nitrogens with zero attached hydrogens (tertiary/aromatic N) is 3. The van der Waals surface area contributed by atoms with E-state index in [9.17, 15) is 0 Å². The first kappa shape index (κ1) is 12.8. The fourth-order valence-electron chi connectivity index (χ4n) is 1.73. The Hall–Kier alpha value is -2.21. The molecule has 0 aliphatic heterocycles. The number of pyridine rings is 1. The van der Waals surface area contributed by atoms with Crippen LogP contribution in [0.1, 0.15) is 5.69 Å². The molecule has 6 heteroatoms. The third-order valence-electron chi connectivity index (χ3n) is 2.75. The highest BCUT2D eigenvalue weighted by Crippen LogP contribution is 2.19. The van der Waals surface area contributed by atoms with Crippen molar-refractivity contribution in [2.24, 2.45) is 0 Å². The minimum absolute atomic E-state index is 0.520. The molecule has 2 aromatic heterocycles. The van der Waals surface area contributed by atoms with E-state index in [0.717, 1.165) is 21.4 Å². The third-order valence-corrected chi connectivity index (χ3v) is 3.22. The molecule has 0 saturated heterocycles. The van der Waals surface area contributed by atoms with Crippen molar-refractivity contribution in [2.75, 3.05) is 5.32 Å². The first-order valence-electron chi connectivity index (χ1n) is 6.02. The van der Waals surface area contributed by atoms with Gasteiger partial charge in [-0.25, -0.2) is 0 Å². The van der Waals surface area contributed by atoms with Crippen molar-refractivity contribution >= 4 is 21.6 Å². The molecule has 5 nitrogen and oxygen atoms in total. The van der Waals surface area contributed by atoms with E-state index >= 15 is 0 Å². The fraction of sp³-hybridized carbons (Fsp3) is 0.0714. The molecule has 0 aliphatic rings. The number of nitrogens with one attached hydrogen (secondary N) is 1. The molecule has 0 saturated carbocycles.